The first kappa shape index (κ1) is 9.95. The largest absolute Gasteiger partial charge is 0.358 e. The molecule has 0 saturated carbocycles. The van der Waals surface area contributed by atoms with Crippen LogP contribution in [-0.4, -0.2) is 4.98 Å². The maximum absolute atomic E-state index is 3.59. The molecule has 0 unspecified atom stereocenters. The van der Waals surface area contributed by atoms with E-state index >= 15 is 0 Å². The highest BCUT2D eigenvalue weighted by molar-refractivity contribution is 5.85. The third-order valence-electron chi connectivity index (χ3n) is 4.03. The molecule has 0 spiro atoms. The van der Waals surface area contributed by atoms with Gasteiger partial charge >= 0.3 is 0 Å². The fourth-order valence-corrected chi connectivity index (χ4v) is 3.10. The zero-order valence-electron chi connectivity index (χ0n) is 10.2. The van der Waals surface area contributed by atoms with E-state index in [1.54, 1.807) is 0 Å². The molecule has 1 N–H and O–H groups in total. The predicted octanol–water partition coefficient (Wildman–Crippen LogP) is 3.86. The summed E-state index contributed by atoms with van der Waals surface area (Å²) in [4.78, 5) is 3.59. The van der Waals surface area contributed by atoms with Gasteiger partial charge in [-0.1, -0.05) is 42.5 Å². The number of rotatable bonds is 0. The van der Waals surface area contributed by atoms with Crippen molar-refractivity contribution in [2.75, 3.05) is 0 Å². The molecule has 3 aromatic rings. The Kier molecular flexibility index (Phi) is 2.07. The van der Waals surface area contributed by atoms with Crippen LogP contribution in [0.3, 0.4) is 0 Å². The molecule has 0 amide bonds. The van der Waals surface area contributed by atoms with Gasteiger partial charge in [-0.05, 0) is 35.6 Å². The van der Waals surface area contributed by atoms with E-state index in [2.05, 4.69) is 53.5 Å². The van der Waals surface area contributed by atoms with Crippen LogP contribution < -0.4 is 0 Å². The number of aromatic nitrogens is 1. The summed E-state index contributed by atoms with van der Waals surface area (Å²) in [5.41, 5.74) is 7.19. The normalized spacial score (nSPS) is 14.0. The second-order valence-corrected chi connectivity index (χ2v) is 5.07. The van der Waals surface area contributed by atoms with Crippen molar-refractivity contribution in [1.29, 1.82) is 0 Å². The van der Waals surface area contributed by atoms with Crippen LogP contribution in [0, 0.1) is 0 Å². The molecule has 0 atom stereocenters. The van der Waals surface area contributed by atoms with Crippen LogP contribution in [0.2, 0.25) is 0 Å². The summed E-state index contributed by atoms with van der Waals surface area (Å²) in [7, 11) is 0. The van der Waals surface area contributed by atoms with Crippen molar-refractivity contribution in [3.63, 3.8) is 0 Å². The molecule has 1 heterocycles. The molecule has 1 nitrogen and oxygen atoms in total. The number of hydrogen-bond acceptors (Lipinski definition) is 0. The van der Waals surface area contributed by atoms with Crippen LogP contribution in [0.5, 0.6) is 0 Å². The van der Waals surface area contributed by atoms with Crippen LogP contribution in [0.25, 0.3) is 10.9 Å². The fraction of sp³-hybridized carbons (Fsp3) is 0.176. The van der Waals surface area contributed by atoms with Gasteiger partial charge in [-0.2, -0.15) is 0 Å². The van der Waals surface area contributed by atoms with Crippen molar-refractivity contribution in [3.8, 4) is 0 Å². The Morgan fingerprint density at radius 3 is 2.50 bits per heavy atom. The van der Waals surface area contributed by atoms with Crippen molar-refractivity contribution < 1.29 is 0 Å². The molecule has 0 aliphatic heterocycles. The molecule has 88 valence electrons. The number of aryl methyl sites for hydroxylation is 2. The molecule has 0 saturated heterocycles. The highest BCUT2D eigenvalue weighted by atomic mass is 14.7. The summed E-state index contributed by atoms with van der Waals surface area (Å²) >= 11 is 0. The van der Waals surface area contributed by atoms with Gasteiger partial charge in [0.15, 0.2) is 0 Å². The molecular weight excluding hydrogens is 218 g/mol. The maximum atomic E-state index is 3.59. The lowest BCUT2D eigenvalue weighted by Gasteiger charge is -2.04. The zero-order valence-corrected chi connectivity index (χ0v) is 10.2. The quantitative estimate of drug-likeness (QED) is 0.607. The van der Waals surface area contributed by atoms with E-state index in [1.165, 1.54) is 33.3 Å². The predicted molar refractivity (Wildman–Crippen MR) is 75.0 cm³/mol. The maximum Gasteiger partial charge on any atom is 0.0459 e. The van der Waals surface area contributed by atoms with Crippen LogP contribution >= 0.6 is 0 Å². The van der Waals surface area contributed by atoms with Gasteiger partial charge < -0.3 is 4.98 Å². The van der Waals surface area contributed by atoms with Gasteiger partial charge in [0.1, 0.15) is 0 Å². The van der Waals surface area contributed by atoms with Gasteiger partial charge in [0.25, 0.3) is 0 Å². The number of para-hydroxylation sites is 1. The standard InChI is InChI=1S/C17H15N/c1-2-6-13-11-15-14-7-3-4-8-16(14)18-17(15)10-9-12(13)5-1/h1-8,18H,9-11H2. The van der Waals surface area contributed by atoms with Gasteiger partial charge in [0.2, 0.25) is 0 Å². The van der Waals surface area contributed by atoms with E-state index in [-0.39, 0.29) is 0 Å². The Labute approximate surface area is 106 Å². The second-order valence-electron chi connectivity index (χ2n) is 5.07. The minimum Gasteiger partial charge on any atom is -0.358 e. The number of nitrogens with one attached hydrogen (secondary N) is 1. The van der Waals surface area contributed by atoms with Crippen molar-refractivity contribution in [3.05, 3.63) is 70.9 Å². The zero-order chi connectivity index (χ0) is 11.9. The van der Waals surface area contributed by atoms with E-state index < -0.39 is 0 Å². The Hall–Kier alpha value is -2.02. The van der Waals surface area contributed by atoms with E-state index in [0.29, 0.717) is 0 Å². The van der Waals surface area contributed by atoms with Gasteiger partial charge in [-0.15, -0.1) is 0 Å². The topological polar surface area (TPSA) is 15.8 Å². The number of benzene rings is 2. The highest BCUT2D eigenvalue weighted by Gasteiger charge is 2.16. The molecule has 1 heteroatoms. The van der Waals surface area contributed by atoms with E-state index in [4.69, 9.17) is 0 Å². The molecule has 18 heavy (non-hydrogen) atoms. The Balaban J connectivity index is 1.95. The van der Waals surface area contributed by atoms with Crippen molar-refractivity contribution in [2.24, 2.45) is 0 Å². The minimum atomic E-state index is 1.06. The summed E-state index contributed by atoms with van der Waals surface area (Å²) in [6.07, 6.45) is 3.34. The molecule has 2 aromatic carbocycles. The number of hydrogen-bond donors (Lipinski definition) is 1. The Morgan fingerprint density at radius 1 is 0.778 bits per heavy atom. The van der Waals surface area contributed by atoms with Gasteiger partial charge in [-0.3, -0.25) is 0 Å². The van der Waals surface area contributed by atoms with Crippen molar-refractivity contribution in [1.82, 2.24) is 4.98 Å². The summed E-state index contributed by atoms with van der Waals surface area (Å²) in [5.74, 6) is 0. The first-order chi connectivity index (χ1) is 8.92. The first-order valence-electron chi connectivity index (χ1n) is 6.57. The van der Waals surface area contributed by atoms with Crippen LogP contribution in [-0.2, 0) is 19.3 Å². The molecular formula is C17H15N. The van der Waals surface area contributed by atoms with Gasteiger partial charge in [-0.25, -0.2) is 0 Å². The summed E-state index contributed by atoms with van der Waals surface area (Å²) in [6, 6.07) is 17.5. The summed E-state index contributed by atoms with van der Waals surface area (Å²) in [5, 5.41) is 1.39. The van der Waals surface area contributed by atoms with Crippen molar-refractivity contribution >= 4 is 10.9 Å². The average Bonchev–Trinajstić information content (AvgIpc) is 2.65. The fourth-order valence-electron chi connectivity index (χ4n) is 3.10. The van der Waals surface area contributed by atoms with Crippen LogP contribution in [0.1, 0.15) is 22.4 Å². The lowest BCUT2D eigenvalue weighted by molar-refractivity contribution is 0.934. The van der Waals surface area contributed by atoms with Gasteiger partial charge in [0, 0.05) is 23.0 Å². The average molecular weight is 233 g/mol. The third kappa shape index (κ3) is 1.40. The molecule has 4 rings (SSSR count). The summed E-state index contributed by atoms with van der Waals surface area (Å²) in [6.45, 7) is 0. The number of aromatic amines is 1. The lowest BCUT2D eigenvalue weighted by atomic mass is 10.0. The van der Waals surface area contributed by atoms with E-state index in [1.807, 2.05) is 0 Å². The van der Waals surface area contributed by atoms with Crippen LogP contribution in [0.4, 0.5) is 0 Å². The molecule has 1 aliphatic rings. The van der Waals surface area contributed by atoms with Crippen molar-refractivity contribution in [2.45, 2.75) is 19.3 Å². The van der Waals surface area contributed by atoms with Gasteiger partial charge in [0.05, 0.1) is 0 Å². The van der Waals surface area contributed by atoms with E-state index in [9.17, 15) is 0 Å². The van der Waals surface area contributed by atoms with E-state index in [0.717, 1.165) is 19.3 Å². The molecule has 0 radical (unpaired) electrons. The molecule has 1 aliphatic carbocycles. The smallest absolute Gasteiger partial charge is 0.0459 e. The second kappa shape index (κ2) is 3.74. The number of H-pyrrole nitrogens is 1. The molecule has 1 aromatic heterocycles. The van der Waals surface area contributed by atoms with Crippen LogP contribution in [0.15, 0.2) is 48.5 Å². The third-order valence-corrected chi connectivity index (χ3v) is 4.03. The Bertz CT molecular complexity index is 721. The monoisotopic (exact) mass is 233 g/mol. The SMILES string of the molecule is c1ccc2c(c1)CCc1[nH]c3ccccc3c1C2. The first-order valence-corrected chi connectivity index (χ1v) is 6.57. The summed E-state index contributed by atoms with van der Waals surface area (Å²) < 4.78 is 0. The molecule has 0 bridgehead atoms. The lowest BCUT2D eigenvalue weighted by Crippen LogP contribution is -1.91. The minimum absolute atomic E-state index is 1.06. The highest BCUT2D eigenvalue weighted by Crippen LogP contribution is 2.30. The Morgan fingerprint density at radius 2 is 1.56 bits per heavy atom. The number of fused-ring (bicyclic) bond motifs is 4. The molecule has 0 fully saturated rings.